The topological polar surface area (TPSA) is 86.8 Å². The lowest BCUT2D eigenvalue weighted by Crippen LogP contribution is -2.21. The van der Waals surface area contributed by atoms with Crippen LogP contribution in [0.25, 0.3) is 0 Å². The molecule has 1 aliphatic heterocycles. The van der Waals surface area contributed by atoms with E-state index in [0.717, 1.165) is 36.9 Å². The van der Waals surface area contributed by atoms with Gasteiger partial charge in [-0.05, 0) is 37.3 Å². The summed E-state index contributed by atoms with van der Waals surface area (Å²) < 4.78 is 0. The van der Waals surface area contributed by atoms with E-state index in [0.29, 0.717) is 11.5 Å². The summed E-state index contributed by atoms with van der Waals surface area (Å²) in [4.78, 5) is 14.6. The van der Waals surface area contributed by atoms with E-state index in [1.54, 1.807) is 6.07 Å². The molecule has 3 heterocycles. The first-order valence-corrected chi connectivity index (χ1v) is 9.72. The number of amides is 1. The van der Waals surface area contributed by atoms with Gasteiger partial charge in [0.05, 0.1) is 0 Å². The fourth-order valence-corrected chi connectivity index (χ4v) is 3.97. The molecule has 2 aromatic rings. The van der Waals surface area contributed by atoms with Gasteiger partial charge in [-0.3, -0.25) is 9.89 Å². The Bertz CT molecular complexity index is 729. The Balaban J connectivity index is 1.34. The van der Waals surface area contributed by atoms with Crippen LogP contribution < -0.4 is 10.2 Å². The lowest BCUT2D eigenvalue weighted by atomic mass is 9.86. The van der Waals surface area contributed by atoms with Crippen LogP contribution in [0.3, 0.4) is 0 Å². The third-order valence-electron chi connectivity index (χ3n) is 5.42. The van der Waals surface area contributed by atoms with E-state index in [-0.39, 0.29) is 5.91 Å². The van der Waals surface area contributed by atoms with Gasteiger partial charge in [0.1, 0.15) is 0 Å². The average Bonchev–Trinajstić information content (AvgIpc) is 3.35. The molecule has 1 saturated heterocycles. The fraction of sp³-hybridized carbons (Fsp3) is 0.579. The number of nitrogens with one attached hydrogen (secondary N) is 2. The molecule has 2 fully saturated rings. The highest BCUT2D eigenvalue weighted by Gasteiger charge is 2.17. The average molecular weight is 354 g/mol. The highest BCUT2D eigenvalue weighted by atomic mass is 16.2. The van der Waals surface area contributed by atoms with Crippen molar-refractivity contribution in [3.8, 4) is 0 Å². The predicted octanol–water partition coefficient (Wildman–Crippen LogP) is 3.18. The first-order chi connectivity index (χ1) is 12.8. The molecule has 2 aliphatic rings. The minimum atomic E-state index is -0.277. The molecule has 7 nitrogen and oxygen atoms in total. The van der Waals surface area contributed by atoms with Gasteiger partial charge in [-0.2, -0.15) is 5.10 Å². The van der Waals surface area contributed by atoms with Crippen molar-refractivity contribution in [3.05, 3.63) is 29.6 Å². The van der Waals surface area contributed by atoms with Gasteiger partial charge in [-0.1, -0.05) is 32.1 Å². The summed E-state index contributed by atoms with van der Waals surface area (Å²) in [7, 11) is 0. The zero-order valence-corrected chi connectivity index (χ0v) is 15.1. The van der Waals surface area contributed by atoms with Gasteiger partial charge in [0.15, 0.2) is 17.3 Å². The number of carbonyl (C=O) groups is 1. The largest absolute Gasteiger partial charge is 0.355 e. The molecular formula is C19H26N6O. The second-order valence-corrected chi connectivity index (χ2v) is 7.41. The molecule has 1 aliphatic carbocycles. The van der Waals surface area contributed by atoms with Gasteiger partial charge in [0, 0.05) is 24.8 Å². The maximum Gasteiger partial charge on any atom is 0.277 e. The Morgan fingerprint density at radius 2 is 1.92 bits per heavy atom. The van der Waals surface area contributed by atoms with E-state index in [9.17, 15) is 4.79 Å². The van der Waals surface area contributed by atoms with Crippen molar-refractivity contribution >= 4 is 17.5 Å². The monoisotopic (exact) mass is 354 g/mol. The first kappa shape index (κ1) is 17.0. The van der Waals surface area contributed by atoms with Crippen LogP contribution in [-0.4, -0.2) is 39.4 Å². The normalized spacial score (nSPS) is 18.2. The van der Waals surface area contributed by atoms with E-state index < -0.39 is 0 Å². The molecule has 4 rings (SSSR count). The molecule has 26 heavy (non-hydrogen) atoms. The van der Waals surface area contributed by atoms with Crippen molar-refractivity contribution in [1.82, 2.24) is 20.4 Å². The summed E-state index contributed by atoms with van der Waals surface area (Å²) in [6.07, 6.45) is 9.98. The van der Waals surface area contributed by atoms with Crippen LogP contribution in [0, 0.1) is 5.92 Å². The van der Waals surface area contributed by atoms with E-state index in [4.69, 9.17) is 0 Å². The molecule has 2 N–H and O–H groups in total. The lowest BCUT2D eigenvalue weighted by Gasteiger charge is -2.20. The summed E-state index contributed by atoms with van der Waals surface area (Å²) >= 11 is 0. The third-order valence-corrected chi connectivity index (χ3v) is 5.42. The maximum atomic E-state index is 12.4. The number of nitrogens with zero attached hydrogens (tertiary/aromatic N) is 4. The molecular weight excluding hydrogens is 328 g/mol. The summed E-state index contributed by atoms with van der Waals surface area (Å²) in [6, 6.07) is 5.52. The Kier molecular flexibility index (Phi) is 5.13. The van der Waals surface area contributed by atoms with Crippen molar-refractivity contribution in [3.63, 3.8) is 0 Å². The Labute approximate surface area is 153 Å². The van der Waals surface area contributed by atoms with Gasteiger partial charge in [-0.25, -0.2) is 0 Å². The highest BCUT2D eigenvalue weighted by Crippen LogP contribution is 2.26. The second-order valence-electron chi connectivity index (χ2n) is 7.41. The number of aromatic amines is 1. The number of aromatic nitrogens is 4. The quantitative estimate of drug-likeness (QED) is 0.861. The Morgan fingerprint density at radius 3 is 2.65 bits per heavy atom. The summed E-state index contributed by atoms with van der Waals surface area (Å²) in [5.41, 5.74) is 1.40. The standard InChI is InChI=1S/C19H26N6O/c26-19(16-8-9-18(24-22-16)25-10-4-5-11-25)20-17-13-15(21-23-17)12-14-6-2-1-3-7-14/h8-9,13-14H,1-7,10-12H2,(H2,20,21,23,26). The van der Waals surface area contributed by atoms with Crippen LogP contribution >= 0.6 is 0 Å². The zero-order valence-electron chi connectivity index (χ0n) is 15.1. The summed E-state index contributed by atoms with van der Waals surface area (Å²) in [6.45, 7) is 2.02. The number of hydrogen-bond acceptors (Lipinski definition) is 5. The van der Waals surface area contributed by atoms with Crippen LogP contribution in [-0.2, 0) is 6.42 Å². The smallest absolute Gasteiger partial charge is 0.277 e. The van der Waals surface area contributed by atoms with Crippen molar-refractivity contribution in [2.45, 2.75) is 51.4 Å². The molecule has 7 heteroatoms. The zero-order chi connectivity index (χ0) is 17.8. The number of hydrogen-bond donors (Lipinski definition) is 2. The molecule has 2 aromatic heterocycles. The second kappa shape index (κ2) is 7.85. The molecule has 0 spiro atoms. The first-order valence-electron chi connectivity index (χ1n) is 9.72. The molecule has 0 radical (unpaired) electrons. The van der Waals surface area contributed by atoms with Crippen molar-refractivity contribution in [2.75, 3.05) is 23.3 Å². The van der Waals surface area contributed by atoms with Gasteiger partial charge in [0.2, 0.25) is 0 Å². The van der Waals surface area contributed by atoms with Gasteiger partial charge in [-0.15, -0.1) is 10.2 Å². The third kappa shape index (κ3) is 4.03. The number of rotatable bonds is 5. The van der Waals surface area contributed by atoms with Crippen LogP contribution in [0.1, 0.15) is 61.1 Å². The predicted molar refractivity (Wildman–Crippen MR) is 100 cm³/mol. The Morgan fingerprint density at radius 1 is 1.12 bits per heavy atom. The number of H-pyrrole nitrogens is 1. The maximum absolute atomic E-state index is 12.4. The van der Waals surface area contributed by atoms with Crippen molar-refractivity contribution < 1.29 is 4.79 Å². The van der Waals surface area contributed by atoms with Crippen LogP contribution in [0.4, 0.5) is 11.6 Å². The van der Waals surface area contributed by atoms with E-state index in [2.05, 4.69) is 30.6 Å². The van der Waals surface area contributed by atoms with E-state index in [1.165, 1.54) is 44.9 Å². The lowest BCUT2D eigenvalue weighted by molar-refractivity contribution is 0.102. The fourth-order valence-electron chi connectivity index (χ4n) is 3.97. The van der Waals surface area contributed by atoms with Gasteiger partial charge < -0.3 is 10.2 Å². The molecule has 138 valence electrons. The molecule has 1 amide bonds. The highest BCUT2D eigenvalue weighted by molar-refractivity contribution is 6.02. The SMILES string of the molecule is O=C(Nc1cc(CC2CCCCC2)[nH]n1)c1ccc(N2CCCC2)nn1. The molecule has 0 unspecified atom stereocenters. The Hall–Kier alpha value is -2.44. The molecule has 1 saturated carbocycles. The molecule has 0 aromatic carbocycles. The van der Waals surface area contributed by atoms with Crippen LogP contribution in [0.15, 0.2) is 18.2 Å². The van der Waals surface area contributed by atoms with Gasteiger partial charge >= 0.3 is 0 Å². The minimum absolute atomic E-state index is 0.277. The molecule has 0 bridgehead atoms. The van der Waals surface area contributed by atoms with Crippen LogP contribution in [0.5, 0.6) is 0 Å². The molecule has 0 atom stereocenters. The van der Waals surface area contributed by atoms with Crippen molar-refractivity contribution in [2.24, 2.45) is 5.92 Å². The minimum Gasteiger partial charge on any atom is -0.355 e. The van der Waals surface area contributed by atoms with E-state index in [1.807, 2.05) is 12.1 Å². The van der Waals surface area contributed by atoms with Crippen LogP contribution in [0.2, 0.25) is 0 Å². The van der Waals surface area contributed by atoms with E-state index >= 15 is 0 Å². The number of anilines is 2. The van der Waals surface area contributed by atoms with Crippen molar-refractivity contribution in [1.29, 1.82) is 0 Å². The summed E-state index contributed by atoms with van der Waals surface area (Å²) in [5, 5.41) is 18.3. The van der Waals surface area contributed by atoms with Gasteiger partial charge in [0.25, 0.3) is 5.91 Å². The summed E-state index contributed by atoms with van der Waals surface area (Å²) in [5.74, 6) is 1.85. The number of carbonyl (C=O) groups excluding carboxylic acids is 1.